The maximum absolute atomic E-state index is 12.4. The van der Waals surface area contributed by atoms with Gasteiger partial charge in [0.2, 0.25) is 0 Å². The zero-order valence-electron chi connectivity index (χ0n) is 11.4. The number of rotatable bonds is 3. The molecule has 0 saturated heterocycles. The number of nitrogens with two attached hydrogens (primary N) is 1. The fraction of sp³-hybridized carbons (Fsp3) is 0.0667. The zero-order chi connectivity index (χ0) is 14.8. The molecule has 2 heterocycles. The molecule has 0 aliphatic rings. The van der Waals surface area contributed by atoms with Crippen LogP contribution >= 0.6 is 0 Å². The quantitative estimate of drug-likeness (QED) is 0.721. The first kappa shape index (κ1) is 13.0. The number of benzene rings is 1. The Hall–Kier alpha value is -3.02. The largest absolute Gasteiger partial charge is 0.494 e. The number of ether oxygens (including phenoxy) is 1. The summed E-state index contributed by atoms with van der Waals surface area (Å²) >= 11 is 0. The molecule has 21 heavy (non-hydrogen) atoms. The smallest absolute Gasteiger partial charge is 0.259 e. The molecule has 1 amide bonds. The number of fused-ring (bicyclic) bond motifs is 1. The Morgan fingerprint density at radius 2 is 2.19 bits per heavy atom. The van der Waals surface area contributed by atoms with Gasteiger partial charge < -0.3 is 15.8 Å². The Labute approximate surface area is 121 Å². The summed E-state index contributed by atoms with van der Waals surface area (Å²) in [6.07, 6.45) is 3.32. The van der Waals surface area contributed by atoms with Crippen LogP contribution in [-0.2, 0) is 0 Å². The standard InChI is InChI=1S/C15H14N4O2/c1-21-14-8-10(16)5-6-12(14)18-15(20)11-9-17-19-7-3-2-4-13(11)19/h2-9H,16H2,1H3,(H,18,20). The third kappa shape index (κ3) is 2.38. The monoisotopic (exact) mass is 282 g/mol. The first-order valence-electron chi connectivity index (χ1n) is 6.36. The summed E-state index contributed by atoms with van der Waals surface area (Å²) in [5.74, 6) is 0.263. The molecule has 6 heteroatoms. The van der Waals surface area contributed by atoms with E-state index in [9.17, 15) is 4.79 Å². The Morgan fingerprint density at radius 3 is 3.00 bits per heavy atom. The molecule has 0 radical (unpaired) electrons. The summed E-state index contributed by atoms with van der Waals surface area (Å²) in [5.41, 5.74) is 8.06. The Balaban J connectivity index is 1.93. The molecule has 0 atom stereocenters. The number of nitrogens with zero attached hydrogens (tertiary/aromatic N) is 2. The van der Waals surface area contributed by atoms with Gasteiger partial charge in [-0.05, 0) is 24.3 Å². The molecule has 0 spiro atoms. The molecule has 3 N–H and O–H groups in total. The fourth-order valence-electron chi connectivity index (χ4n) is 2.11. The molecular weight excluding hydrogens is 268 g/mol. The topological polar surface area (TPSA) is 81.6 Å². The molecule has 2 aromatic heterocycles. The van der Waals surface area contributed by atoms with Gasteiger partial charge in [-0.3, -0.25) is 4.79 Å². The lowest BCUT2D eigenvalue weighted by molar-refractivity contribution is 0.102. The Bertz CT molecular complexity index is 810. The minimum atomic E-state index is -0.251. The highest BCUT2D eigenvalue weighted by atomic mass is 16.5. The number of carbonyl (C=O) groups is 1. The van der Waals surface area contributed by atoms with E-state index in [-0.39, 0.29) is 5.91 Å². The number of hydrogen-bond acceptors (Lipinski definition) is 4. The van der Waals surface area contributed by atoms with Gasteiger partial charge in [0.1, 0.15) is 5.75 Å². The highest BCUT2D eigenvalue weighted by molar-refractivity contribution is 6.09. The van der Waals surface area contributed by atoms with Crippen LogP contribution in [0.2, 0.25) is 0 Å². The second-order valence-corrected chi connectivity index (χ2v) is 4.50. The zero-order valence-corrected chi connectivity index (χ0v) is 11.4. The molecule has 106 valence electrons. The average molecular weight is 282 g/mol. The number of hydrogen-bond donors (Lipinski definition) is 2. The Morgan fingerprint density at radius 1 is 1.33 bits per heavy atom. The minimum Gasteiger partial charge on any atom is -0.494 e. The van der Waals surface area contributed by atoms with Crippen molar-refractivity contribution in [3.05, 3.63) is 54.4 Å². The van der Waals surface area contributed by atoms with Crippen LogP contribution in [0.5, 0.6) is 5.75 Å². The molecule has 6 nitrogen and oxygen atoms in total. The van der Waals surface area contributed by atoms with Gasteiger partial charge in [-0.15, -0.1) is 0 Å². The van der Waals surface area contributed by atoms with E-state index in [1.807, 2.05) is 18.2 Å². The highest BCUT2D eigenvalue weighted by Crippen LogP contribution is 2.27. The third-order valence-corrected chi connectivity index (χ3v) is 3.14. The van der Waals surface area contributed by atoms with Gasteiger partial charge in [0.15, 0.2) is 0 Å². The molecule has 0 aliphatic heterocycles. The molecule has 0 bridgehead atoms. The first-order valence-corrected chi connectivity index (χ1v) is 6.36. The van der Waals surface area contributed by atoms with Crippen LogP contribution in [0.4, 0.5) is 11.4 Å². The molecule has 0 unspecified atom stereocenters. The molecule has 0 fully saturated rings. The molecule has 3 rings (SSSR count). The van der Waals surface area contributed by atoms with E-state index in [1.165, 1.54) is 13.3 Å². The number of methoxy groups -OCH3 is 1. The fourth-order valence-corrected chi connectivity index (χ4v) is 2.11. The normalized spacial score (nSPS) is 10.5. The van der Waals surface area contributed by atoms with E-state index in [0.717, 1.165) is 5.52 Å². The highest BCUT2D eigenvalue weighted by Gasteiger charge is 2.14. The summed E-state index contributed by atoms with van der Waals surface area (Å²) in [4.78, 5) is 12.4. The van der Waals surface area contributed by atoms with Crippen molar-refractivity contribution in [3.8, 4) is 5.75 Å². The maximum Gasteiger partial charge on any atom is 0.259 e. The van der Waals surface area contributed by atoms with Crippen molar-refractivity contribution < 1.29 is 9.53 Å². The van der Waals surface area contributed by atoms with E-state index in [4.69, 9.17) is 10.5 Å². The molecule has 0 aliphatic carbocycles. The minimum absolute atomic E-state index is 0.251. The summed E-state index contributed by atoms with van der Waals surface area (Å²) in [6, 6.07) is 10.6. The van der Waals surface area contributed by atoms with E-state index in [1.54, 1.807) is 28.9 Å². The van der Waals surface area contributed by atoms with Gasteiger partial charge in [0, 0.05) is 18.0 Å². The predicted molar refractivity (Wildman–Crippen MR) is 80.6 cm³/mol. The van der Waals surface area contributed by atoms with Gasteiger partial charge >= 0.3 is 0 Å². The number of amides is 1. The summed E-state index contributed by atoms with van der Waals surface area (Å²) in [7, 11) is 1.53. The van der Waals surface area contributed by atoms with Crippen molar-refractivity contribution in [2.45, 2.75) is 0 Å². The lowest BCUT2D eigenvalue weighted by Gasteiger charge is -2.10. The molecule has 1 aromatic carbocycles. The van der Waals surface area contributed by atoms with E-state index in [0.29, 0.717) is 22.7 Å². The second kappa shape index (κ2) is 5.16. The van der Waals surface area contributed by atoms with Crippen LogP contribution in [0.1, 0.15) is 10.4 Å². The van der Waals surface area contributed by atoms with Gasteiger partial charge in [-0.2, -0.15) is 5.10 Å². The Kier molecular flexibility index (Phi) is 3.19. The SMILES string of the molecule is COc1cc(N)ccc1NC(=O)c1cnn2ccccc12. The molecule has 3 aromatic rings. The third-order valence-electron chi connectivity index (χ3n) is 3.14. The van der Waals surface area contributed by atoms with Gasteiger partial charge in [-0.25, -0.2) is 4.52 Å². The summed E-state index contributed by atoms with van der Waals surface area (Å²) < 4.78 is 6.86. The number of anilines is 2. The lowest BCUT2D eigenvalue weighted by atomic mass is 10.2. The van der Waals surface area contributed by atoms with Crippen LogP contribution in [-0.4, -0.2) is 22.6 Å². The van der Waals surface area contributed by atoms with Crippen molar-refractivity contribution in [1.29, 1.82) is 0 Å². The van der Waals surface area contributed by atoms with Gasteiger partial charge in [0.25, 0.3) is 5.91 Å². The second-order valence-electron chi connectivity index (χ2n) is 4.50. The lowest BCUT2D eigenvalue weighted by Crippen LogP contribution is -2.12. The van der Waals surface area contributed by atoms with E-state index in [2.05, 4.69) is 10.4 Å². The van der Waals surface area contributed by atoms with Crippen molar-refractivity contribution in [2.24, 2.45) is 0 Å². The van der Waals surface area contributed by atoms with Crippen LogP contribution in [0, 0.1) is 0 Å². The van der Waals surface area contributed by atoms with Crippen molar-refractivity contribution in [1.82, 2.24) is 9.61 Å². The van der Waals surface area contributed by atoms with Crippen LogP contribution in [0.3, 0.4) is 0 Å². The number of nitrogens with one attached hydrogen (secondary N) is 1. The van der Waals surface area contributed by atoms with Crippen LogP contribution in [0.15, 0.2) is 48.8 Å². The molecular formula is C15H14N4O2. The van der Waals surface area contributed by atoms with Gasteiger partial charge in [-0.1, -0.05) is 6.07 Å². The first-order chi connectivity index (χ1) is 10.2. The average Bonchev–Trinajstić information content (AvgIpc) is 2.93. The summed E-state index contributed by atoms with van der Waals surface area (Å²) in [6.45, 7) is 0. The van der Waals surface area contributed by atoms with Crippen LogP contribution < -0.4 is 15.8 Å². The van der Waals surface area contributed by atoms with Crippen molar-refractivity contribution in [2.75, 3.05) is 18.2 Å². The number of aromatic nitrogens is 2. The number of pyridine rings is 1. The number of nitrogen functional groups attached to an aromatic ring is 1. The molecule has 0 saturated carbocycles. The number of carbonyl (C=O) groups excluding carboxylic acids is 1. The maximum atomic E-state index is 12.4. The van der Waals surface area contributed by atoms with Crippen molar-refractivity contribution >= 4 is 22.8 Å². The van der Waals surface area contributed by atoms with E-state index < -0.39 is 0 Å². The van der Waals surface area contributed by atoms with Gasteiger partial charge in [0.05, 0.1) is 30.1 Å². The van der Waals surface area contributed by atoms with E-state index >= 15 is 0 Å². The van der Waals surface area contributed by atoms with Crippen molar-refractivity contribution in [3.63, 3.8) is 0 Å². The predicted octanol–water partition coefficient (Wildman–Crippen LogP) is 2.18. The summed E-state index contributed by atoms with van der Waals surface area (Å²) in [5, 5.41) is 6.95. The van der Waals surface area contributed by atoms with Crippen LogP contribution in [0.25, 0.3) is 5.52 Å².